The van der Waals surface area contributed by atoms with Gasteiger partial charge in [0.05, 0.1) is 12.2 Å². The van der Waals surface area contributed by atoms with Crippen LogP contribution in [-0.4, -0.2) is 45.9 Å². The number of hydrogen-bond donors (Lipinski definition) is 0. The van der Waals surface area contributed by atoms with E-state index in [0.29, 0.717) is 0 Å². The second-order valence-corrected chi connectivity index (χ2v) is 6.22. The van der Waals surface area contributed by atoms with Gasteiger partial charge in [-0.1, -0.05) is 6.07 Å². The van der Waals surface area contributed by atoms with Gasteiger partial charge in [0.15, 0.2) is 0 Å². The molecule has 4 nitrogen and oxygen atoms in total. The molecule has 0 amide bonds. The SMILES string of the molecule is Cc1cccnc1CN1CCN(Cc2nccs2)CC1. The normalized spacial score (nSPS) is 17.4. The average molecular weight is 288 g/mol. The van der Waals surface area contributed by atoms with Crippen molar-refractivity contribution < 1.29 is 0 Å². The minimum Gasteiger partial charge on any atom is -0.295 e. The Balaban J connectivity index is 1.50. The predicted molar refractivity (Wildman–Crippen MR) is 81.6 cm³/mol. The lowest BCUT2D eigenvalue weighted by Crippen LogP contribution is -2.45. The highest BCUT2D eigenvalue weighted by Crippen LogP contribution is 2.13. The van der Waals surface area contributed by atoms with Crippen molar-refractivity contribution in [3.8, 4) is 0 Å². The Morgan fingerprint density at radius 3 is 2.45 bits per heavy atom. The summed E-state index contributed by atoms with van der Waals surface area (Å²) >= 11 is 1.75. The molecule has 0 radical (unpaired) electrons. The van der Waals surface area contributed by atoms with E-state index in [1.165, 1.54) is 16.3 Å². The maximum Gasteiger partial charge on any atom is 0.107 e. The van der Waals surface area contributed by atoms with Crippen molar-refractivity contribution in [2.45, 2.75) is 20.0 Å². The summed E-state index contributed by atoms with van der Waals surface area (Å²) in [6.07, 6.45) is 3.78. The highest BCUT2D eigenvalue weighted by Gasteiger charge is 2.18. The van der Waals surface area contributed by atoms with E-state index in [1.807, 2.05) is 18.5 Å². The fourth-order valence-corrected chi connectivity index (χ4v) is 3.18. The van der Waals surface area contributed by atoms with Crippen LogP contribution in [0.2, 0.25) is 0 Å². The van der Waals surface area contributed by atoms with Crippen molar-refractivity contribution in [1.29, 1.82) is 0 Å². The molecular weight excluding hydrogens is 268 g/mol. The smallest absolute Gasteiger partial charge is 0.107 e. The fourth-order valence-electron chi connectivity index (χ4n) is 2.52. The first kappa shape index (κ1) is 13.7. The van der Waals surface area contributed by atoms with Crippen LogP contribution in [0.4, 0.5) is 0 Å². The molecule has 3 heterocycles. The van der Waals surface area contributed by atoms with Crippen molar-refractivity contribution in [2.75, 3.05) is 26.2 Å². The minimum absolute atomic E-state index is 0.970. The Morgan fingerprint density at radius 1 is 1.05 bits per heavy atom. The van der Waals surface area contributed by atoms with Gasteiger partial charge in [0.2, 0.25) is 0 Å². The van der Waals surface area contributed by atoms with E-state index in [1.54, 1.807) is 11.3 Å². The van der Waals surface area contributed by atoms with E-state index in [-0.39, 0.29) is 0 Å². The van der Waals surface area contributed by atoms with E-state index in [2.05, 4.69) is 38.1 Å². The average Bonchev–Trinajstić information content (AvgIpc) is 2.96. The number of hydrogen-bond acceptors (Lipinski definition) is 5. The Morgan fingerprint density at radius 2 is 1.80 bits per heavy atom. The molecule has 2 aromatic heterocycles. The van der Waals surface area contributed by atoms with Crippen LogP contribution >= 0.6 is 11.3 Å². The lowest BCUT2D eigenvalue weighted by atomic mass is 10.2. The molecule has 1 fully saturated rings. The molecule has 1 aliphatic heterocycles. The lowest BCUT2D eigenvalue weighted by Gasteiger charge is -2.34. The van der Waals surface area contributed by atoms with Crippen LogP contribution in [0, 0.1) is 6.92 Å². The van der Waals surface area contributed by atoms with Crippen molar-refractivity contribution in [3.63, 3.8) is 0 Å². The van der Waals surface area contributed by atoms with Crippen molar-refractivity contribution >= 4 is 11.3 Å². The molecule has 0 spiro atoms. The molecule has 0 bridgehead atoms. The number of pyridine rings is 1. The van der Waals surface area contributed by atoms with E-state index >= 15 is 0 Å². The molecule has 0 saturated carbocycles. The van der Waals surface area contributed by atoms with Crippen LogP contribution in [0.25, 0.3) is 0 Å². The third kappa shape index (κ3) is 3.42. The largest absolute Gasteiger partial charge is 0.295 e. The van der Waals surface area contributed by atoms with Crippen LogP contribution in [0.1, 0.15) is 16.3 Å². The lowest BCUT2D eigenvalue weighted by molar-refractivity contribution is 0.121. The molecule has 2 aromatic rings. The van der Waals surface area contributed by atoms with Crippen LogP contribution in [0.3, 0.4) is 0 Å². The topological polar surface area (TPSA) is 32.3 Å². The van der Waals surface area contributed by atoms with Crippen LogP contribution in [-0.2, 0) is 13.1 Å². The van der Waals surface area contributed by atoms with Gasteiger partial charge < -0.3 is 0 Å². The quantitative estimate of drug-likeness (QED) is 0.863. The van der Waals surface area contributed by atoms with Gasteiger partial charge in [0.25, 0.3) is 0 Å². The second kappa shape index (κ2) is 6.43. The van der Waals surface area contributed by atoms with Crippen molar-refractivity contribution in [1.82, 2.24) is 19.8 Å². The van der Waals surface area contributed by atoms with Gasteiger partial charge in [-0.05, 0) is 18.6 Å². The number of nitrogens with zero attached hydrogens (tertiary/aromatic N) is 4. The monoisotopic (exact) mass is 288 g/mol. The van der Waals surface area contributed by atoms with Crippen LogP contribution in [0.5, 0.6) is 0 Å². The second-order valence-electron chi connectivity index (χ2n) is 5.25. The van der Waals surface area contributed by atoms with E-state index in [4.69, 9.17) is 0 Å². The van der Waals surface area contributed by atoms with E-state index in [0.717, 1.165) is 39.3 Å². The van der Waals surface area contributed by atoms with Gasteiger partial charge in [-0.2, -0.15) is 0 Å². The standard InChI is InChI=1S/C15H20N4S/c1-13-3-2-4-16-14(13)11-18-6-8-19(9-7-18)12-15-17-5-10-20-15/h2-5,10H,6-9,11-12H2,1H3. The summed E-state index contributed by atoms with van der Waals surface area (Å²) < 4.78 is 0. The Bertz CT molecular complexity index is 533. The number of piperazine rings is 1. The first-order valence-electron chi connectivity index (χ1n) is 7.05. The summed E-state index contributed by atoms with van der Waals surface area (Å²) in [5.74, 6) is 0. The third-order valence-electron chi connectivity index (χ3n) is 3.80. The molecule has 0 N–H and O–H groups in total. The first-order valence-corrected chi connectivity index (χ1v) is 7.93. The molecule has 20 heavy (non-hydrogen) atoms. The Labute approximate surface area is 124 Å². The zero-order valence-electron chi connectivity index (χ0n) is 11.8. The summed E-state index contributed by atoms with van der Waals surface area (Å²) in [5, 5.41) is 3.27. The number of rotatable bonds is 4. The van der Waals surface area contributed by atoms with Gasteiger partial charge >= 0.3 is 0 Å². The maximum absolute atomic E-state index is 4.49. The van der Waals surface area contributed by atoms with Gasteiger partial charge in [-0.25, -0.2) is 4.98 Å². The Kier molecular flexibility index (Phi) is 4.40. The zero-order chi connectivity index (χ0) is 13.8. The fraction of sp³-hybridized carbons (Fsp3) is 0.467. The predicted octanol–water partition coefficient (Wildman–Crippen LogP) is 2.16. The number of aromatic nitrogens is 2. The molecule has 1 aliphatic rings. The molecule has 106 valence electrons. The van der Waals surface area contributed by atoms with Crippen LogP contribution in [0.15, 0.2) is 29.9 Å². The molecule has 5 heteroatoms. The van der Waals surface area contributed by atoms with Gasteiger partial charge in [-0.15, -0.1) is 11.3 Å². The molecule has 0 atom stereocenters. The summed E-state index contributed by atoms with van der Waals surface area (Å²) in [6, 6.07) is 4.14. The summed E-state index contributed by atoms with van der Waals surface area (Å²) in [5.41, 5.74) is 2.50. The highest BCUT2D eigenvalue weighted by molar-refractivity contribution is 7.09. The van der Waals surface area contributed by atoms with Gasteiger partial charge in [0, 0.05) is 50.5 Å². The molecule has 3 rings (SSSR count). The van der Waals surface area contributed by atoms with E-state index < -0.39 is 0 Å². The van der Waals surface area contributed by atoms with E-state index in [9.17, 15) is 0 Å². The zero-order valence-corrected chi connectivity index (χ0v) is 12.6. The minimum atomic E-state index is 0.970. The summed E-state index contributed by atoms with van der Waals surface area (Å²) in [4.78, 5) is 13.8. The van der Waals surface area contributed by atoms with Gasteiger partial charge in [0.1, 0.15) is 5.01 Å². The molecule has 0 unspecified atom stereocenters. The molecule has 0 aromatic carbocycles. The summed E-state index contributed by atoms with van der Waals surface area (Å²) in [7, 11) is 0. The van der Waals surface area contributed by atoms with Crippen molar-refractivity contribution in [2.24, 2.45) is 0 Å². The number of aryl methyl sites for hydroxylation is 1. The van der Waals surface area contributed by atoms with Crippen molar-refractivity contribution in [3.05, 3.63) is 46.2 Å². The summed E-state index contributed by atoms with van der Waals surface area (Å²) in [6.45, 7) is 8.56. The number of thiazole rings is 1. The molecule has 0 aliphatic carbocycles. The van der Waals surface area contributed by atoms with Crippen LogP contribution < -0.4 is 0 Å². The third-order valence-corrected chi connectivity index (χ3v) is 4.56. The first-order chi connectivity index (χ1) is 9.81. The highest BCUT2D eigenvalue weighted by atomic mass is 32.1. The molecule has 1 saturated heterocycles. The molecular formula is C15H20N4S. The Hall–Kier alpha value is -1.30. The maximum atomic E-state index is 4.49. The van der Waals surface area contributed by atoms with Gasteiger partial charge in [-0.3, -0.25) is 14.8 Å².